The molecule has 0 aliphatic heterocycles. The number of amides is 2. The number of benzene rings is 2. The summed E-state index contributed by atoms with van der Waals surface area (Å²) < 4.78 is 5.79. The Morgan fingerprint density at radius 1 is 1.00 bits per heavy atom. The molecule has 5 heteroatoms. The summed E-state index contributed by atoms with van der Waals surface area (Å²) in [7, 11) is 0. The van der Waals surface area contributed by atoms with Gasteiger partial charge >= 0.3 is 0 Å². The van der Waals surface area contributed by atoms with Gasteiger partial charge in [0, 0.05) is 17.8 Å². The van der Waals surface area contributed by atoms with Crippen LogP contribution in [0, 0.1) is 5.92 Å². The summed E-state index contributed by atoms with van der Waals surface area (Å²) in [5.74, 6) is 0.779. The van der Waals surface area contributed by atoms with Gasteiger partial charge in [0.2, 0.25) is 0 Å². The SMILES string of the molecule is CCCCNC(=O)c1ccc(NC(=O)c2ccccc2OCCC(C)C)cc1. The number of hydrogen-bond donors (Lipinski definition) is 2. The maximum Gasteiger partial charge on any atom is 0.259 e. The van der Waals surface area contributed by atoms with Crippen LogP contribution in [0.3, 0.4) is 0 Å². The number of para-hydroxylation sites is 1. The fraction of sp³-hybridized carbons (Fsp3) is 0.391. The van der Waals surface area contributed by atoms with Crippen molar-refractivity contribution >= 4 is 17.5 Å². The lowest BCUT2D eigenvalue weighted by atomic mass is 10.1. The highest BCUT2D eigenvalue weighted by molar-refractivity contribution is 6.06. The fourth-order valence-corrected chi connectivity index (χ4v) is 2.57. The second-order valence-electron chi connectivity index (χ2n) is 7.17. The Bertz CT molecular complexity index is 770. The van der Waals surface area contributed by atoms with E-state index in [1.807, 2.05) is 12.1 Å². The number of anilines is 1. The highest BCUT2D eigenvalue weighted by Gasteiger charge is 2.13. The maximum absolute atomic E-state index is 12.7. The number of rotatable bonds is 10. The van der Waals surface area contributed by atoms with E-state index in [9.17, 15) is 9.59 Å². The molecule has 2 rings (SSSR count). The first kappa shape index (κ1) is 21.5. The zero-order valence-electron chi connectivity index (χ0n) is 17.0. The number of hydrogen-bond acceptors (Lipinski definition) is 3. The van der Waals surface area contributed by atoms with Crippen molar-refractivity contribution < 1.29 is 14.3 Å². The molecule has 0 aliphatic carbocycles. The molecule has 0 spiro atoms. The molecule has 0 aliphatic rings. The highest BCUT2D eigenvalue weighted by Crippen LogP contribution is 2.20. The monoisotopic (exact) mass is 382 g/mol. The third kappa shape index (κ3) is 6.72. The average Bonchev–Trinajstić information content (AvgIpc) is 2.68. The summed E-state index contributed by atoms with van der Waals surface area (Å²) in [6.45, 7) is 7.59. The van der Waals surface area contributed by atoms with Crippen LogP contribution in [0.15, 0.2) is 48.5 Å². The van der Waals surface area contributed by atoms with Crippen LogP contribution in [0.4, 0.5) is 5.69 Å². The van der Waals surface area contributed by atoms with Gasteiger partial charge < -0.3 is 15.4 Å². The Morgan fingerprint density at radius 2 is 1.71 bits per heavy atom. The van der Waals surface area contributed by atoms with Crippen LogP contribution in [0.5, 0.6) is 5.75 Å². The first-order valence-electron chi connectivity index (χ1n) is 9.92. The van der Waals surface area contributed by atoms with Crippen LogP contribution in [-0.4, -0.2) is 25.0 Å². The molecule has 2 N–H and O–H groups in total. The standard InChI is InChI=1S/C23H30N2O3/c1-4-5-15-24-22(26)18-10-12-19(13-11-18)25-23(27)20-8-6-7-9-21(20)28-16-14-17(2)3/h6-13,17H,4-5,14-16H2,1-3H3,(H,24,26)(H,25,27). The van der Waals surface area contributed by atoms with Crippen LogP contribution in [-0.2, 0) is 0 Å². The summed E-state index contributed by atoms with van der Waals surface area (Å²) in [4.78, 5) is 24.7. The number of unbranched alkanes of at least 4 members (excludes halogenated alkanes) is 1. The molecule has 2 amide bonds. The molecule has 2 aromatic carbocycles. The second kappa shape index (κ2) is 11.1. The summed E-state index contributed by atoms with van der Waals surface area (Å²) in [6, 6.07) is 14.1. The van der Waals surface area contributed by atoms with E-state index in [1.54, 1.807) is 36.4 Å². The van der Waals surface area contributed by atoms with E-state index in [2.05, 4.69) is 31.4 Å². The van der Waals surface area contributed by atoms with Gasteiger partial charge in [-0.3, -0.25) is 9.59 Å². The zero-order valence-corrected chi connectivity index (χ0v) is 17.0. The third-order valence-corrected chi connectivity index (χ3v) is 4.31. The van der Waals surface area contributed by atoms with E-state index in [-0.39, 0.29) is 11.8 Å². The van der Waals surface area contributed by atoms with Gasteiger partial charge in [0.25, 0.3) is 11.8 Å². The molecular formula is C23H30N2O3. The van der Waals surface area contributed by atoms with Crippen molar-refractivity contribution in [2.75, 3.05) is 18.5 Å². The van der Waals surface area contributed by atoms with Crippen LogP contribution in [0.25, 0.3) is 0 Å². The van der Waals surface area contributed by atoms with E-state index >= 15 is 0 Å². The molecule has 0 radical (unpaired) electrons. The van der Waals surface area contributed by atoms with Crippen LogP contribution < -0.4 is 15.4 Å². The van der Waals surface area contributed by atoms with Crippen molar-refractivity contribution in [1.82, 2.24) is 5.32 Å². The molecule has 0 saturated heterocycles. The van der Waals surface area contributed by atoms with Crippen LogP contribution in [0.2, 0.25) is 0 Å². The van der Waals surface area contributed by atoms with Crippen molar-refractivity contribution in [3.63, 3.8) is 0 Å². The number of ether oxygens (including phenoxy) is 1. The van der Waals surface area contributed by atoms with Crippen molar-refractivity contribution in [3.8, 4) is 5.75 Å². The molecule has 0 fully saturated rings. The number of nitrogens with one attached hydrogen (secondary N) is 2. The number of carbonyl (C=O) groups excluding carboxylic acids is 2. The van der Waals surface area contributed by atoms with Crippen molar-refractivity contribution in [2.45, 2.75) is 40.0 Å². The molecule has 0 heterocycles. The quantitative estimate of drug-likeness (QED) is 0.575. The fourth-order valence-electron chi connectivity index (χ4n) is 2.57. The summed E-state index contributed by atoms with van der Waals surface area (Å²) in [6.07, 6.45) is 2.92. The van der Waals surface area contributed by atoms with Gasteiger partial charge in [-0.05, 0) is 55.2 Å². The third-order valence-electron chi connectivity index (χ3n) is 4.31. The molecule has 0 atom stereocenters. The minimum atomic E-state index is -0.236. The topological polar surface area (TPSA) is 67.4 Å². The predicted octanol–water partition coefficient (Wildman–Crippen LogP) is 4.89. The normalized spacial score (nSPS) is 10.6. The Kier molecular flexibility index (Phi) is 8.53. The van der Waals surface area contributed by atoms with Crippen LogP contribution >= 0.6 is 0 Å². The molecule has 0 unspecified atom stereocenters. The summed E-state index contributed by atoms with van der Waals surface area (Å²) >= 11 is 0. The minimum Gasteiger partial charge on any atom is -0.493 e. The smallest absolute Gasteiger partial charge is 0.259 e. The summed E-state index contributed by atoms with van der Waals surface area (Å²) in [5, 5.41) is 5.74. The van der Waals surface area contributed by atoms with E-state index in [1.165, 1.54) is 0 Å². The van der Waals surface area contributed by atoms with Gasteiger partial charge in [0.15, 0.2) is 0 Å². The Morgan fingerprint density at radius 3 is 2.39 bits per heavy atom. The molecule has 0 saturated carbocycles. The molecule has 5 nitrogen and oxygen atoms in total. The van der Waals surface area contributed by atoms with Gasteiger partial charge in [-0.25, -0.2) is 0 Å². The minimum absolute atomic E-state index is 0.102. The molecular weight excluding hydrogens is 352 g/mol. The lowest BCUT2D eigenvalue weighted by Crippen LogP contribution is -2.24. The highest BCUT2D eigenvalue weighted by atomic mass is 16.5. The van der Waals surface area contributed by atoms with Gasteiger partial charge in [-0.1, -0.05) is 39.3 Å². The van der Waals surface area contributed by atoms with Gasteiger partial charge in [-0.2, -0.15) is 0 Å². The zero-order chi connectivity index (χ0) is 20.4. The van der Waals surface area contributed by atoms with Gasteiger partial charge in [0.05, 0.1) is 12.2 Å². The first-order chi connectivity index (χ1) is 13.5. The first-order valence-corrected chi connectivity index (χ1v) is 9.92. The van der Waals surface area contributed by atoms with Crippen molar-refractivity contribution in [3.05, 3.63) is 59.7 Å². The molecule has 28 heavy (non-hydrogen) atoms. The van der Waals surface area contributed by atoms with Gasteiger partial charge in [-0.15, -0.1) is 0 Å². The van der Waals surface area contributed by atoms with Crippen molar-refractivity contribution in [2.24, 2.45) is 5.92 Å². The Hall–Kier alpha value is -2.82. The molecule has 0 aromatic heterocycles. The predicted molar refractivity (Wildman–Crippen MR) is 113 cm³/mol. The van der Waals surface area contributed by atoms with Crippen molar-refractivity contribution in [1.29, 1.82) is 0 Å². The molecule has 0 bridgehead atoms. The lowest BCUT2D eigenvalue weighted by Gasteiger charge is -2.13. The Balaban J connectivity index is 1.98. The van der Waals surface area contributed by atoms with E-state index in [0.29, 0.717) is 41.6 Å². The van der Waals surface area contributed by atoms with E-state index < -0.39 is 0 Å². The second-order valence-corrected chi connectivity index (χ2v) is 7.17. The number of carbonyl (C=O) groups is 2. The maximum atomic E-state index is 12.7. The average molecular weight is 383 g/mol. The lowest BCUT2D eigenvalue weighted by molar-refractivity contribution is 0.0952. The summed E-state index contributed by atoms with van der Waals surface area (Å²) in [5.41, 5.74) is 1.70. The molecule has 2 aromatic rings. The molecule has 150 valence electrons. The van der Waals surface area contributed by atoms with E-state index in [0.717, 1.165) is 19.3 Å². The van der Waals surface area contributed by atoms with Crippen LogP contribution in [0.1, 0.15) is 60.7 Å². The van der Waals surface area contributed by atoms with Gasteiger partial charge in [0.1, 0.15) is 5.75 Å². The Labute approximate surface area is 167 Å². The van der Waals surface area contributed by atoms with E-state index in [4.69, 9.17) is 4.74 Å². The largest absolute Gasteiger partial charge is 0.493 e.